The summed E-state index contributed by atoms with van der Waals surface area (Å²) >= 11 is 0. The monoisotopic (exact) mass is 268 g/mol. The van der Waals surface area contributed by atoms with E-state index in [0.29, 0.717) is 12.0 Å². The predicted molar refractivity (Wildman–Crippen MR) is 74.6 cm³/mol. The van der Waals surface area contributed by atoms with Gasteiger partial charge in [-0.1, -0.05) is 24.3 Å². The maximum atomic E-state index is 13.1. The Bertz CT molecular complexity index is 745. The Labute approximate surface area is 115 Å². The number of aliphatic hydroxyl groups excluding tert-OH is 1. The second kappa shape index (κ2) is 5.35. The van der Waals surface area contributed by atoms with Gasteiger partial charge in [-0.05, 0) is 18.2 Å². The first-order chi connectivity index (χ1) is 9.72. The molecule has 3 rings (SSSR count). The number of nitrogens with zero attached hydrogens (tertiary/aromatic N) is 2. The molecule has 100 valence electrons. The van der Waals surface area contributed by atoms with Crippen molar-refractivity contribution in [2.75, 3.05) is 0 Å². The van der Waals surface area contributed by atoms with Crippen LogP contribution in [0.25, 0.3) is 10.9 Å². The van der Waals surface area contributed by atoms with Crippen molar-refractivity contribution in [1.29, 1.82) is 0 Å². The van der Waals surface area contributed by atoms with E-state index < -0.39 is 11.9 Å². The molecule has 1 unspecified atom stereocenters. The molecule has 0 aliphatic carbocycles. The van der Waals surface area contributed by atoms with E-state index in [-0.39, 0.29) is 0 Å². The van der Waals surface area contributed by atoms with Crippen LogP contribution in [0.3, 0.4) is 0 Å². The number of fused-ring (bicyclic) bond motifs is 1. The molecule has 4 heteroatoms. The third-order valence-electron chi connectivity index (χ3n) is 3.17. The number of hydrogen-bond donors (Lipinski definition) is 1. The van der Waals surface area contributed by atoms with Crippen LogP contribution in [0.15, 0.2) is 54.9 Å². The summed E-state index contributed by atoms with van der Waals surface area (Å²) in [6, 6.07) is 12.9. The lowest BCUT2D eigenvalue weighted by atomic mass is 10.1. The molecule has 1 atom stereocenters. The number of rotatable bonds is 3. The average Bonchev–Trinajstić information content (AvgIpc) is 2.47. The van der Waals surface area contributed by atoms with Crippen LogP contribution in [-0.2, 0) is 6.42 Å². The molecule has 0 bridgehead atoms. The largest absolute Gasteiger partial charge is 0.388 e. The van der Waals surface area contributed by atoms with Gasteiger partial charge in [-0.3, -0.25) is 9.97 Å². The van der Waals surface area contributed by atoms with Crippen LogP contribution in [-0.4, -0.2) is 15.1 Å². The fourth-order valence-electron chi connectivity index (χ4n) is 2.15. The van der Waals surface area contributed by atoms with Crippen LogP contribution < -0.4 is 0 Å². The lowest BCUT2D eigenvalue weighted by molar-refractivity contribution is 0.176. The van der Waals surface area contributed by atoms with Gasteiger partial charge in [0.2, 0.25) is 0 Å². The van der Waals surface area contributed by atoms with Gasteiger partial charge in [-0.15, -0.1) is 0 Å². The highest BCUT2D eigenvalue weighted by atomic mass is 19.1. The number of aromatic nitrogens is 2. The minimum atomic E-state index is -0.813. The molecule has 0 spiro atoms. The molecule has 0 aliphatic rings. The maximum absolute atomic E-state index is 13.1. The van der Waals surface area contributed by atoms with Crippen LogP contribution in [0.1, 0.15) is 17.4 Å². The summed E-state index contributed by atoms with van der Waals surface area (Å²) in [6.45, 7) is 0. The molecule has 0 saturated carbocycles. The molecule has 1 N–H and O–H groups in total. The molecular weight excluding hydrogens is 255 g/mol. The van der Waals surface area contributed by atoms with Crippen molar-refractivity contribution in [3.63, 3.8) is 0 Å². The Morgan fingerprint density at radius 1 is 1.10 bits per heavy atom. The Kier molecular flexibility index (Phi) is 3.39. The van der Waals surface area contributed by atoms with Crippen LogP contribution in [0.5, 0.6) is 0 Å². The standard InChI is InChI=1S/C16H13FN2O/c17-13-7-12(9-18-10-13)16(20)8-14-6-5-11-3-1-2-4-15(11)19-14/h1-7,9-10,16,20H,8H2. The summed E-state index contributed by atoms with van der Waals surface area (Å²) < 4.78 is 13.1. The molecule has 2 heterocycles. The summed E-state index contributed by atoms with van der Waals surface area (Å²) in [4.78, 5) is 8.23. The molecule has 2 aromatic heterocycles. The first-order valence-electron chi connectivity index (χ1n) is 6.35. The highest BCUT2D eigenvalue weighted by Gasteiger charge is 2.11. The normalized spacial score (nSPS) is 12.5. The lowest BCUT2D eigenvalue weighted by Gasteiger charge is -2.10. The first-order valence-corrected chi connectivity index (χ1v) is 6.35. The molecule has 0 aliphatic heterocycles. The van der Waals surface area contributed by atoms with Gasteiger partial charge in [0.1, 0.15) is 5.82 Å². The topological polar surface area (TPSA) is 46.0 Å². The number of para-hydroxylation sites is 1. The molecule has 0 amide bonds. The van der Waals surface area contributed by atoms with E-state index in [4.69, 9.17) is 0 Å². The van der Waals surface area contributed by atoms with Crippen LogP contribution in [0.4, 0.5) is 4.39 Å². The first kappa shape index (κ1) is 12.7. The van der Waals surface area contributed by atoms with Crippen molar-refractivity contribution in [2.24, 2.45) is 0 Å². The molecule has 0 fully saturated rings. The number of aliphatic hydroxyl groups is 1. The smallest absolute Gasteiger partial charge is 0.141 e. The number of halogens is 1. The van der Waals surface area contributed by atoms with E-state index in [2.05, 4.69) is 9.97 Å². The Morgan fingerprint density at radius 2 is 1.95 bits per heavy atom. The van der Waals surface area contributed by atoms with Crippen molar-refractivity contribution in [1.82, 2.24) is 9.97 Å². The SMILES string of the molecule is OC(Cc1ccc2ccccc2n1)c1cncc(F)c1. The molecule has 0 saturated heterocycles. The second-order valence-electron chi connectivity index (χ2n) is 4.65. The number of pyridine rings is 2. The summed E-state index contributed by atoms with van der Waals surface area (Å²) in [5.41, 5.74) is 2.11. The van der Waals surface area contributed by atoms with Gasteiger partial charge >= 0.3 is 0 Å². The third kappa shape index (κ3) is 2.65. The molecule has 3 aromatic rings. The summed E-state index contributed by atoms with van der Waals surface area (Å²) in [5, 5.41) is 11.2. The van der Waals surface area contributed by atoms with E-state index in [1.165, 1.54) is 12.3 Å². The van der Waals surface area contributed by atoms with Crippen molar-refractivity contribution < 1.29 is 9.50 Å². The van der Waals surface area contributed by atoms with Crippen molar-refractivity contribution in [3.8, 4) is 0 Å². The van der Waals surface area contributed by atoms with Crippen molar-refractivity contribution >= 4 is 10.9 Å². The zero-order valence-electron chi connectivity index (χ0n) is 10.7. The van der Waals surface area contributed by atoms with E-state index >= 15 is 0 Å². The minimum absolute atomic E-state index is 0.329. The van der Waals surface area contributed by atoms with Gasteiger partial charge in [-0.25, -0.2) is 4.39 Å². The Hall–Kier alpha value is -2.33. The molecule has 3 nitrogen and oxygen atoms in total. The quantitative estimate of drug-likeness (QED) is 0.794. The lowest BCUT2D eigenvalue weighted by Crippen LogP contribution is -2.04. The van der Waals surface area contributed by atoms with Gasteiger partial charge < -0.3 is 5.11 Å². The summed E-state index contributed by atoms with van der Waals surface area (Å²) in [5.74, 6) is -0.451. The fourth-order valence-corrected chi connectivity index (χ4v) is 2.15. The van der Waals surface area contributed by atoms with Crippen molar-refractivity contribution in [2.45, 2.75) is 12.5 Å². The number of hydrogen-bond acceptors (Lipinski definition) is 3. The molecular formula is C16H13FN2O. The van der Waals surface area contributed by atoms with Crippen molar-refractivity contribution in [3.05, 3.63) is 71.9 Å². The highest BCUT2D eigenvalue weighted by Crippen LogP contribution is 2.19. The second-order valence-corrected chi connectivity index (χ2v) is 4.65. The van der Waals surface area contributed by atoms with Gasteiger partial charge in [0.05, 0.1) is 17.8 Å². The Morgan fingerprint density at radius 3 is 2.80 bits per heavy atom. The van der Waals surface area contributed by atoms with Gasteiger partial charge in [0, 0.05) is 29.3 Å². The maximum Gasteiger partial charge on any atom is 0.141 e. The van der Waals surface area contributed by atoms with E-state index in [9.17, 15) is 9.50 Å². The molecule has 0 radical (unpaired) electrons. The minimum Gasteiger partial charge on any atom is -0.388 e. The predicted octanol–water partition coefficient (Wildman–Crippen LogP) is 3.05. The van der Waals surface area contributed by atoms with Gasteiger partial charge in [0.25, 0.3) is 0 Å². The van der Waals surface area contributed by atoms with E-state index in [1.807, 2.05) is 36.4 Å². The zero-order valence-corrected chi connectivity index (χ0v) is 10.7. The third-order valence-corrected chi connectivity index (χ3v) is 3.17. The zero-order chi connectivity index (χ0) is 13.9. The average molecular weight is 268 g/mol. The summed E-state index contributed by atoms with van der Waals surface area (Å²) in [7, 11) is 0. The van der Waals surface area contributed by atoms with Gasteiger partial charge in [0.15, 0.2) is 0 Å². The van der Waals surface area contributed by atoms with Gasteiger partial charge in [-0.2, -0.15) is 0 Å². The summed E-state index contributed by atoms with van der Waals surface area (Å²) in [6.07, 6.45) is 2.10. The Balaban J connectivity index is 1.85. The van der Waals surface area contributed by atoms with E-state index in [1.54, 1.807) is 0 Å². The van der Waals surface area contributed by atoms with E-state index in [0.717, 1.165) is 22.8 Å². The molecule has 1 aromatic carbocycles. The van der Waals surface area contributed by atoms with Crippen LogP contribution in [0.2, 0.25) is 0 Å². The molecule has 20 heavy (non-hydrogen) atoms. The highest BCUT2D eigenvalue weighted by molar-refractivity contribution is 5.78. The van der Waals surface area contributed by atoms with Crippen LogP contribution >= 0.6 is 0 Å². The fraction of sp³-hybridized carbons (Fsp3) is 0.125. The number of benzene rings is 1. The van der Waals surface area contributed by atoms with Crippen LogP contribution in [0, 0.1) is 5.82 Å².